The molecule has 0 radical (unpaired) electrons. The van der Waals surface area contributed by atoms with Gasteiger partial charge in [-0.25, -0.2) is 9.97 Å². The van der Waals surface area contributed by atoms with Crippen molar-refractivity contribution in [2.24, 2.45) is 11.8 Å². The molecular formula is C42H44F3N7O7. The lowest BCUT2D eigenvalue weighted by molar-refractivity contribution is -0.141. The van der Waals surface area contributed by atoms with E-state index in [4.69, 9.17) is 14.1 Å². The first-order valence-electron chi connectivity index (χ1n) is 20.0. The Hall–Kier alpha value is -5.84. The molecule has 3 fully saturated rings. The van der Waals surface area contributed by atoms with Gasteiger partial charge < -0.3 is 24.7 Å². The fourth-order valence-electron chi connectivity index (χ4n) is 8.81. The molecule has 14 nitrogen and oxygen atoms in total. The minimum atomic E-state index is -4.68. The second-order valence-electron chi connectivity index (χ2n) is 15.8. The predicted molar refractivity (Wildman–Crippen MR) is 208 cm³/mol. The Morgan fingerprint density at radius 3 is 2.41 bits per heavy atom. The van der Waals surface area contributed by atoms with Gasteiger partial charge in [-0.15, -0.1) is 0 Å². The lowest BCUT2D eigenvalue weighted by Crippen LogP contribution is -2.54. The molecule has 1 aliphatic carbocycles. The van der Waals surface area contributed by atoms with Gasteiger partial charge in [-0.2, -0.15) is 13.2 Å². The monoisotopic (exact) mass is 815 g/mol. The summed E-state index contributed by atoms with van der Waals surface area (Å²) in [7, 11) is 1.43. The number of imide groups is 2. The fraction of sp³-hybridized carbons (Fsp3) is 0.452. The van der Waals surface area contributed by atoms with Crippen LogP contribution in [0.4, 0.5) is 24.5 Å². The van der Waals surface area contributed by atoms with Crippen molar-refractivity contribution in [1.29, 1.82) is 0 Å². The number of alkyl halides is 3. The molecule has 3 N–H and O–H groups in total. The largest absolute Gasteiger partial charge is 0.494 e. The first-order valence-corrected chi connectivity index (χ1v) is 20.0. The van der Waals surface area contributed by atoms with Crippen molar-refractivity contribution >= 4 is 52.0 Å². The molecule has 1 saturated carbocycles. The molecule has 5 amide bonds. The van der Waals surface area contributed by atoms with Crippen molar-refractivity contribution in [2.75, 3.05) is 43.9 Å². The van der Waals surface area contributed by atoms with Gasteiger partial charge in [0, 0.05) is 43.2 Å². The Kier molecular flexibility index (Phi) is 11.1. The van der Waals surface area contributed by atoms with E-state index in [9.17, 15) is 37.1 Å². The highest BCUT2D eigenvalue weighted by Crippen LogP contribution is 2.40. The fourth-order valence-corrected chi connectivity index (χ4v) is 8.81. The van der Waals surface area contributed by atoms with Crippen molar-refractivity contribution in [3.8, 4) is 5.75 Å². The smallest absolute Gasteiger partial charge is 0.433 e. The zero-order valence-electron chi connectivity index (χ0n) is 32.4. The summed E-state index contributed by atoms with van der Waals surface area (Å²) < 4.78 is 51.1. The van der Waals surface area contributed by atoms with Crippen LogP contribution in [0.15, 0.2) is 52.9 Å². The molecule has 8 rings (SSSR count). The molecule has 3 aliphatic heterocycles. The number of nitrogens with zero attached hydrogens (tertiary/aromatic N) is 4. The lowest BCUT2D eigenvalue weighted by atomic mass is 9.81. The number of halogens is 3. The first kappa shape index (κ1) is 40.0. The van der Waals surface area contributed by atoms with Crippen molar-refractivity contribution in [1.82, 2.24) is 25.1 Å². The van der Waals surface area contributed by atoms with Gasteiger partial charge in [0.25, 0.3) is 17.7 Å². The number of carbonyl (C=O) groups is 5. The van der Waals surface area contributed by atoms with Gasteiger partial charge in [0.2, 0.25) is 11.8 Å². The molecule has 0 spiro atoms. The van der Waals surface area contributed by atoms with E-state index in [0.717, 1.165) is 81.6 Å². The number of anilines is 2. The molecule has 59 heavy (non-hydrogen) atoms. The topological polar surface area (TPSA) is 176 Å². The number of oxazole rings is 1. The van der Waals surface area contributed by atoms with E-state index < -0.39 is 47.4 Å². The number of hydrogen-bond acceptors (Lipinski definition) is 11. The predicted octanol–water partition coefficient (Wildman–Crippen LogP) is 6.39. The quantitative estimate of drug-likeness (QED) is 0.143. The molecular weight excluding hydrogens is 771 g/mol. The van der Waals surface area contributed by atoms with Crippen LogP contribution in [0.1, 0.15) is 106 Å². The van der Waals surface area contributed by atoms with Crippen molar-refractivity contribution in [3.05, 3.63) is 76.9 Å². The number of methoxy groups -OCH3 is 1. The summed E-state index contributed by atoms with van der Waals surface area (Å²) in [6.07, 6.45) is 2.45. The number of carbonyl (C=O) groups excluding carboxylic acids is 5. The Morgan fingerprint density at radius 2 is 1.68 bits per heavy atom. The van der Waals surface area contributed by atoms with Gasteiger partial charge in [-0.05, 0) is 101 Å². The summed E-state index contributed by atoms with van der Waals surface area (Å²) in [6.45, 7) is 3.69. The highest BCUT2D eigenvalue weighted by atomic mass is 19.4. The molecule has 17 heteroatoms. The van der Waals surface area contributed by atoms with E-state index >= 15 is 0 Å². The molecule has 4 aromatic rings. The van der Waals surface area contributed by atoms with Crippen LogP contribution in [0, 0.1) is 11.8 Å². The summed E-state index contributed by atoms with van der Waals surface area (Å²) in [6, 6.07) is 10.4. The summed E-state index contributed by atoms with van der Waals surface area (Å²) >= 11 is 0. The number of rotatable bonds is 11. The van der Waals surface area contributed by atoms with Crippen LogP contribution >= 0.6 is 0 Å². The maximum Gasteiger partial charge on any atom is 0.433 e. The van der Waals surface area contributed by atoms with Crippen LogP contribution < -0.4 is 20.7 Å². The number of hydrogen-bond donors (Lipinski definition) is 3. The minimum Gasteiger partial charge on any atom is -0.494 e. The summed E-state index contributed by atoms with van der Waals surface area (Å²) in [5.74, 6) is -0.783. The molecule has 1 unspecified atom stereocenters. The van der Waals surface area contributed by atoms with E-state index in [0.29, 0.717) is 41.1 Å². The van der Waals surface area contributed by atoms with Gasteiger partial charge in [0.1, 0.15) is 28.7 Å². The molecule has 2 saturated heterocycles. The molecule has 310 valence electrons. The summed E-state index contributed by atoms with van der Waals surface area (Å²) in [5.41, 5.74) is 0.776. The van der Waals surface area contributed by atoms with Gasteiger partial charge in [0.15, 0.2) is 11.5 Å². The zero-order chi connectivity index (χ0) is 41.4. The Bertz CT molecular complexity index is 2300. The number of ether oxygens (including phenoxy) is 1. The highest BCUT2D eigenvalue weighted by molar-refractivity contribution is 6.25. The molecule has 4 aliphatic rings. The van der Waals surface area contributed by atoms with Crippen LogP contribution in [0.2, 0.25) is 0 Å². The number of aromatic nitrogens is 2. The third-order valence-electron chi connectivity index (χ3n) is 12.0. The van der Waals surface area contributed by atoms with E-state index in [1.54, 1.807) is 30.3 Å². The van der Waals surface area contributed by atoms with Gasteiger partial charge in [-0.1, -0.05) is 12.1 Å². The van der Waals surface area contributed by atoms with Crippen molar-refractivity contribution < 1.29 is 46.3 Å². The number of benzene rings is 2. The molecule has 0 bridgehead atoms. The molecule has 2 aromatic heterocycles. The normalized spacial score (nSPS) is 21.8. The second kappa shape index (κ2) is 16.4. The van der Waals surface area contributed by atoms with Crippen molar-refractivity contribution in [3.63, 3.8) is 0 Å². The van der Waals surface area contributed by atoms with Gasteiger partial charge >= 0.3 is 6.18 Å². The lowest BCUT2D eigenvalue weighted by Gasteiger charge is -2.36. The van der Waals surface area contributed by atoms with E-state index in [1.807, 2.05) is 0 Å². The molecule has 5 heterocycles. The van der Waals surface area contributed by atoms with Crippen LogP contribution in [-0.4, -0.2) is 88.6 Å². The summed E-state index contributed by atoms with van der Waals surface area (Å²) in [4.78, 5) is 75.3. The van der Waals surface area contributed by atoms with Crippen LogP contribution in [0.3, 0.4) is 0 Å². The molecule has 2 aromatic carbocycles. The zero-order valence-corrected chi connectivity index (χ0v) is 32.4. The van der Waals surface area contributed by atoms with Gasteiger partial charge in [0.05, 0.1) is 23.9 Å². The minimum absolute atomic E-state index is 0.0709. The standard InChI is InChI=1S/C42H44F3N7O7/c1-58-32-20-30-33(21-29(32)48-37(54)28-6-3-7-34(47-28)42(43,44)45)59-39(49-30)25-10-8-24(9-11-25)22-51-18-15-23(16-19-51)14-17-46-27-5-2-4-26-36(27)41(57)52(40(26)56)31-12-13-35(53)50-38(31)55/h2-7,20-21,23-25,31,46H,8-19,22H2,1H3,(H,48,54)(H,50,53,55)/t24-,25-,31?. The maximum absolute atomic E-state index is 13.4. The third kappa shape index (κ3) is 8.38. The van der Waals surface area contributed by atoms with Crippen LogP contribution in [-0.2, 0) is 15.8 Å². The Labute approximate surface area is 337 Å². The van der Waals surface area contributed by atoms with E-state index in [1.165, 1.54) is 13.2 Å². The average molecular weight is 816 g/mol. The number of fused-ring (bicyclic) bond motifs is 2. The highest BCUT2D eigenvalue weighted by Gasteiger charge is 2.45. The number of pyridine rings is 1. The number of nitrogens with one attached hydrogen (secondary N) is 3. The maximum atomic E-state index is 13.4. The van der Waals surface area contributed by atoms with Gasteiger partial charge in [-0.3, -0.25) is 34.2 Å². The van der Waals surface area contributed by atoms with Crippen LogP contribution in [0.5, 0.6) is 5.75 Å². The SMILES string of the molecule is COc1cc2nc([C@H]3CC[C@H](CN4CCC(CCNc5cccc6c5C(=O)N(C5CCC(=O)NC5=O)C6=O)CC4)CC3)oc2cc1NC(=O)c1cccc(C(F)(F)F)n1. The third-order valence-corrected chi connectivity index (χ3v) is 12.0. The number of likely N-dealkylation sites (tertiary alicyclic amines) is 1. The average Bonchev–Trinajstić information content (AvgIpc) is 3.75. The van der Waals surface area contributed by atoms with Crippen molar-refractivity contribution in [2.45, 2.75) is 75.9 Å². The Morgan fingerprint density at radius 1 is 0.915 bits per heavy atom. The molecule has 1 atom stereocenters. The number of amides is 5. The second-order valence-corrected chi connectivity index (χ2v) is 15.8. The number of piperidine rings is 2. The first-order chi connectivity index (χ1) is 28.4. The van der Waals surface area contributed by atoms with E-state index in [-0.39, 0.29) is 47.0 Å². The van der Waals surface area contributed by atoms with Crippen LogP contribution in [0.25, 0.3) is 11.1 Å². The van der Waals surface area contributed by atoms with E-state index in [2.05, 4.69) is 25.8 Å². The Balaban J connectivity index is 0.793. The summed E-state index contributed by atoms with van der Waals surface area (Å²) in [5, 5.41) is 8.20.